The number of anilines is 1. The number of pyridine rings is 1. The van der Waals surface area contributed by atoms with E-state index in [1.165, 1.54) is 67.8 Å². The molecule has 0 aliphatic carbocycles. The Morgan fingerprint density at radius 1 is 1.00 bits per heavy atom. The molecule has 0 bridgehead atoms. The molecule has 50 heavy (non-hydrogen) atoms. The fourth-order valence-corrected chi connectivity index (χ4v) is 8.48. The summed E-state index contributed by atoms with van der Waals surface area (Å²) in [6.07, 6.45) is 2.07. The number of likely N-dealkylation sites (tertiary alicyclic amines) is 1. The molecule has 2 amide bonds. The summed E-state index contributed by atoms with van der Waals surface area (Å²) >= 11 is 0. The number of aromatic nitrogens is 1. The molecule has 14 nitrogen and oxygen atoms in total. The van der Waals surface area contributed by atoms with Gasteiger partial charge in [-0.25, -0.2) is 18.2 Å². The number of hydrogen-bond acceptors (Lipinski definition) is 12. The minimum atomic E-state index is -4.73. The average molecular weight is 705 g/mol. The molecular weight excluding hydrogens is 664 g/mol. The third-order valence-electron chi connectivity index (χ3n) is 9.55. The van der Waals surface area contributed by atoms with Crippen molar-refractivity contribution in [2.75, 3.05) is 71.4 Å². The van der Waals surface area contributed by atoms with Gasteiger partial charge in [0.25, 0.3) is 21.5 Å². The number of sulfonamides is 1. The Kier molecular flexibility index (Phi) is 9.88. The van der Waals surface area contributed by atoms with Gasteiger partial charge in [-0.05, 0) is 69.3 Å². The zero-order valence-electron chi connectivity index (χ0n) is 28.5. The van der Waals surface area contributed by atoms with Crippen molar-refractivity contribution in [2.24, 2.45) is 0 Å². The van der Waals surface area contributed by atoms with Crippen LogP contribution in [-0.4, -0.2) is 113 Å². The second kappa shape index (κ2) is 14.1. The number of piperazine rings is 1. The molecule has 264 valence electrons. The topological polar surface area (TPSA) is 155 Å². The van der Waals surface area contributed by atoms with Crippen LogP contribution in [0.5, 0.6) is 17.4 Å². The molecule has 3 aliphatic heterocycles. The van der Waals surface area contributed by atoms with Crippen molar-refractivity contribution >= 4 is 27.7 Å². The predicted molar refractivity (Wildman–Crippen MR) is 182 cm³/mol. The van der Waals surface area contributed by atoms with E-state index in [2.05, 4.69) is 27.9 Å². The second-order valence-electron chi connectivity index (χ2n) is 12.3. The summed E-state index contributed by atoms with van der Waals surface area (Å²) in [5.74, 6) is -0.861. The van der Waals surface area contributed by atoms with E-state index in [0.29, 0.717) is 42.0 Å². The smallest absolute Gasteiger partial charge is 0.411 e. The van der Waals surface area contributed by atoms with Gasteiger partial charge in [0.1, 0.15) is 16.4 Å². The summed E-state index contributed by atoms with van der Waals surface area (Å²) < 4.78 is 52.6. The summed E-state index contributed by atoms with van der Waals surface area (Å²) in [6.45, 7) is 6.49. The Hall–Kier alpha value is -4.91. The third kappa shape index (κ3) is 6.08. The minimum absolute atomic E-state index is 0.0169. The SMILES string of the molecule is CCOc1ncccc1C1(OC(=O)N2CCC(N3CCN(C)CC3)CC2)C(=O)N(S(=O)(=O)c2ccc(OC)cc2OC)c2ccc(C#N)cc21. The van der Waals surface area contributed by atoms with Gasteiger partial charge in [0.2, 0.25) is 5.88 Å². The van der Waals surface area contributed by atoms with Crippen LogP contribution in [0.1, 0.15) is 36.5 Å². The molecule has 1 aromatic heterocycles. The third-order valence-corrected chi connectivity index (χ3v) is 11.3. The van der Waals surface area contributed by atoms with Crippen LogP contribution in [-0.2, 0) is 25.2 Å². The van der Waals surface area contributed by atoms with E-state index in [0.717, 1.165) is 26.2 Å². The second-order valence-corrected chi connectivity index (χ2v) is 14.1. The number of nitriles is 1. The number of piperidine rings is 1. The molecule has 15 heteroatoms. The summed E-state index contributed by atoms with van der Waals surface area (Å²) in [6, 6.07) is 13.6. The molecule has 2 aromatic carbocycles. The average Bonchev–Trinajstić information content (AvgIpc) is 3.39. The van der Waals surface area contributed by atoms with Crippen LogP contribution < -0.4 is 18.5 Å². The maximum Gasteiger partial charge on any atom is 0.411 e. The zero-order chi connectivity index (χ0) is 35.6. The first-order chi connectivity index (χ1) is 24.1. The maximum absolute atomic E-state index is 15.1. The molecule has 3 aromatic rings. The van der Waals surface area contributed by atoms with E-state index in [9.17, 15) is 18.5 Å². The Morgan fingerprint density at radius 3 is 2.40 bits per heavy atom. The molecule has 3 aliphatic rings. The lowest BCUT2D eigenvalue weighted by Crippen LogP contribution is -2.54. The van der Waals surface area contributed by atoms with Gasteiger partial charge in [-0.3, -0.25) is 9.69 Å². The fraction of sp³-hybridized carbons (Fsp3) is 0.429. The van der Waals surface area contributed by atoms with Gasteiger partial charge in [-0.15, -0.1) is 0 Å². The first-order valence-corrected chi connectivity index (χ1v) is 17.9. The Bertz CT molecular complexity index is 1920. The summed E-state index contributed by atoms with van der Waals surface area (Å²) in [5, 5.41) is 9.91. The van der Waals surface area contributed by atoms with Crippen LogP contribution in [0.2, 0.25) is 0 Å². The lowest BCUT2D eigenvalue weighted by Gasteiger charge is -2.42. The van der Waals surface area contributed by atoms with Gasteiger partial charge in [0, 0.05) is 63.1 Å². The van der Waals surface area contributed by atoms with Crippen LogP contribution in [0.4, 0.5) is 10.5 Å². The van der Waals surface area contributed by atoms with Crippen LogP contribution in [0, 0.1) is 11.3 Å². The standard InChI is InChI=1S/C35H40N6O8S/c1-5-48-32-27(7-6-14-37-32)35(49-34(43)40-15-12-25(13-16-40)39-19-17-38(2)18-20-39)28-21-24(23-36)8-10-29(28)41(33(35)42)50(44,45)31-11-9-26(46-3)22-30(31)47-4/h6-11,14,21-22,25H,5,12-13,15-20H2,1-4H3. The van der Waals surface area contributed by atoms with Crippen molar-refractivity contribution in [1.82, 2.24) is 19.7 Å². The minimum Gasteiger partial charge on any atom is -0.497 e. The molecule has 6 rings (SSSR count). The monoisotopic (exact) mass is 704 g/mol. The van der Waals surface area contributed by atoms with Crippen molar-refractivity contribution < 1.29 is 37.0 Å². The van der Waals surface area contributed by atoms with Gasteiger partial charge in [0.15, 0.2) is 0 Å². The van der Waals surface area contributed by atoms with Crippen LogP contribution in [0.25, 0.3) is 0 Å². The molecule has 2 saturated heterocycles. The lowest BCUT2D eigenvalue weighted by molar-refractivity contribution is -0.132. The highest BCUT2D eigenvalue weighted by Crippen LogP contribution is 2.52. The highest BCUT2D eigenvalue weighted by Gasteiger charge is 2.61. The number of nitrogens with zero attached hydrogens (tertiary/aromatic N) is 6. The number of likely N-dealkylation sites (N-methyl/N-ethyl adjacent to an activating group) is 1. The molecule has 0 radical (unpaired) electrons. The first kappa shape index (κ1) is 34.9. The van der Waals surface area contributed by atoms with Gasteiger partial charge >= 0.3 is 6.09 Å². The molecule has 1 atom stereocenters. The van der Waals surface area contributed by atoms with Crippen LogP contribution in [0.3, 0.4) is 0 Å². The van der Waals surface area contributed by atoms with E-state index >= 15 is 4.79 Å². The zero-order valence-corrected chi connectivity index (χ0v) is 29.3. The maximum atomic E-state index is 15.1. The quantitative estimate of drug-likeness (QED) is 0.321. The van der Waals surface area contributed by atoms with E-state index < -0.39 is 27.6 Å². The van der Waals surface area contributed by atoms with E-state index in [1.807, 2.05) is 0 Å². The molecule has 1 unspecified atom stereocenters. The lowest BCUT2D eigenvalue weighted by atomic mass is 9.87. The summed E-state index contributed by atoms with van der Waals surface area (Å²) in [5.41, 5.74) is -2.37. The molecule has 0 N–H and O–H groups in total. The fourth-order valence-electron chi connectivity index (χ4n) is 6.88. The Labute approximate surface area is 291 Å². The van der Waals surface area contributed by atoms with Gasteiger partial charge < -0.3 is 28.7 Å². The number of benzene rings is 2. The molecule has 4 heterocycles. The number of ether oxygens (including phenoxy) is 4. The van der Waals surface area contributed by atoms with Crippen molar-refractivity contribution in [1.29, 1.82) is 5.26 Å². The number of rotatable bonds is 9. The van der Waals surface area contributed by atoms with Crippen molar-refractivity contribution in [3.8, 4) is 23.4 Å². The first-order valence-electron chi connectivity index (χ1n) is 16.4. The van der Waals surface area contributed by atoms with Crippen LogP contribution in [0.15, 0.2) is 59.6 Å². The number of carbonyl (C=O) groups is 2. The van der Waals surface area contributed by atoms with E-state index in [-0.39, 0.29) is 45.5 Å². The summed E-state index contributed by atoms with van der Waals surface area (Å²) in [7, 11) is 0.102. The van der Waals surface area contributed by atoms with Crippen molar-refractivity contribution in [3.05, 3.63) is 71.4 Å². The Morgan fingerprint density at radius 2 is 1.74 bits per heavy atom. The Balaban J connectivity index is 1.45. The number of methoxy groups -OCH3 is 2. The highest BCUT2D eigenvalue weighted by molar-refractivity contribution is 7.93. The van der Waals surface area contributed by atoms with Gasteiger partial charge in [0.05, 0.1) is 43.7 Å². The highest BCUT2D eigenvalue weighted by atomic mass is 32.2. The van der Waals surface area contributed by atoms with Crippen molar-refractivity contribution in [3.63, 3.8) is 0 Å². The molecular formula is C35H40N6O8S. The van der Waals surface area contributed by atoms with Gasteiger partial charge in [-0.1, -0.05) is 0 Å². The summed E-state index contributed by atoms with van der Waals surface area (Å²) in [4.78, 5) is 39.6. The number of fused-ring (bicyclic) bond motifs is 1. The molecule has 0 saturated carbocycles. The number of amides is 2. The number of carbonyl (C=O) groups excluding carboxylic acids is 2. The predicted octanol–water partition coefficient (Wildman–Crippen LogP) is 3.20. The van der Waals surface area contributed by atoms with Crippen molar-refractivity contribution in [2.45, 2.75) is 36.3 Å². The molecule has 2 fully saturated rings. The largest absolute Gasteiger partial charge is 0.497 e. The normalized spacial score (nSPS) is 20.3. The van der Waals surface area contributed by atoms with Gasteiger partial charge in [-0.2, -0.15) is 9.57 Å². The van der Waals surface area contributed by atoms with E-state index in [4.69, 9.17) is 18.9 Å². The van der Waals surface area contributed by atoms with Crippen LogP contribution >= 0.6 is 0 Å². The molecule has 0 spiro atoms. The van der Waals surface area contributed by atoms with E-state index in [1.54, 1.807) is 13.0 Å². The number of hydrogen-bond donors (Lipinski definition) is 0.